The van der Waals surface area contributed by atoms with E-state index < -0.39 is 0 Å². The van der Waals surface area contributed by atoms with Gasteiger partial charge in [-0.15, -0.1) is 0 Å². The number of amides is 1. The molecule has 2 saturated carbocycles. The summed E-state index contributed by atoms with van der Waals surface area (Å²) in [5, 5.41) is 4.27. The highest BCUT2D eigenvalue weighted by molar-refractivity contribution is 9.09. The molecule has 0 saturated heterocycles. The van der Waals surface area contributed by atoms with Crippen LogP contribution in [0.5, 0.6) is 0 Å². The summed E-state index contributed by atoms with van der Waals surface area (Å²) in [5.41, 5.74) is 0.261. The van der Waals surface area contributed by atoms with Crippen LogP contribution in [0.1, 0.15) is 60.3 Å². The maximum atomic E-state index is 12.6. The molecular formula is C16H28BrNO. The summed E-state index contributed by atoms with van der Waals surface area (Å²) in [6.07, 6.45) is 4.67. The zero-order valence-electron chi connectivity index (χ0n) is 13.0. The molecule has 0 radical (unpaired) electrons. The van der Waals surface area contributed by atoms with Crippen molar-refractivity contribution in [3.63, 3.8) is 0 Å². The Balaban J connectivity index is 2.02. The second-order valence-electron chi connectivity index (χ2n) is 7.96. The molecule has 1 N–H and O–H groups in total. The molecule has 2 aliphatic carbocycles. The van der Waals surface area contributed by atoms with E-state index in [0.717, 1.165) is 24.1 Å². The number of carbonyl (C=O) groups excluding carboxylic acids is 1. The van der Waals surface area contributed by atoms with Crippen LogP contribution < -0.4 is 5.32 Å². The smallest absolute Gasteiger partial charge is 0.224 e. The number of halogens is 1. The summed E-state index contributed by atoms with van der Waals surface area (Å²) >= 11 is 3.63. The molecule has 0 aromatic rings. The second-order valence-corrected chi connectivity index (χ2v) is 8.52. The quantitative estimate of drug-likeness (QED) is 0.775. The molecule has 0 spiro atoms. The van der Waals surface area contributed by atoms with Crippen LogP contribution in [-0.2, 0) is 4.79 Å². The third kappa shape index (κ3) is 2.48. The molecular weight excluding hydrogens is 302 g/mol. The minimum Gasteiger partial charge on any atom is -0.350 e. The van der Waals surface area contributed by atoms with Crippen molar-refractivity contribution in [2.45, 2.75) is 65.8 Å². The van der Waals surface area contributed by atoms with Crippen molar-refractivity contribution in [3.05, 3.63) is 0 Å². The van der Waals surface area contributed by atoms with Gasteiger partial charge in [-0.2, -0.15) is 0 Å². The van der Waals surface area contributed by atoms with Crippen molar-refractivity contribution in [2.24, 2.45) is 22.7 Å². The normalized spacial score (nSPS) is 36.8. The number of alkyl halides is 1. The van der Waals surface area contributed by atoms with Crippen LogP contribution in [0.2, 0.25) is 0 Å². The van der Waals surface area contributed by atoms with Gasteiger partial charge in [-0.1, -0.05) is 50.5 Å². The zero-order chi connectivity index (χ0) is 14.5. The predicted octanol–water partition coefficient (Wildman–Crippen LogP) is 4.13. The van der Waals surface area contributed by atoms with Crippen LogP contribution in [0.25, 0.3) is 0 Å². The van der Waals surface area contributed by atoms with Crippen molar-refractivity contribution in [1.82, 2.24) is 5.32 Å². The number of hydrogen-bond donors (Lipinski definition) is 1. The Labute approximate surface area is 126 Å². The van der Waals surface area contributed by atoms with Crippen LogP contribution in [0, 0.1) is 22.7 Å². The van der Waals surface area contributed by atoms with Gasteiger partial charge in [-0.3, -0.25) is 4.79 Å². The molecule has 0 aromatic heterocycles. The molecule has 0 heterocycles. The van der Waals surface area contributed by atoms with Gasteiger partial charge in [0.15, 0.2) is 0 Å². The molecule has 0 unspecified atom stereocenters. The van der Waals surface area contributed by atoms with E-state index in [0.29, 0.717) is 0 Å². The SMILES string of the molecule is CC1CCC(CBr)(NC(=O)C2C(C)(C)C2(C)C)CC1. The largest absolute Gasteiger partial charge is 0.350 e. The maximum Gasteiger partial charge on any atom is 0.224 e. The van der Waals surface area contributed by atoms with E-state index in [1.165, 1.54) is 12.8 Å². The standard InChI is InChI=1S/C16H28BrNO/c1-11-6-8-16(10-17,9-7-11)18-13(19)12-14(2,3)15(12,4)5/h11-12H,6-10H2,1-5H3,(H,18,19). The van der Waals surface area contributed by atoms with Gasteiger partial charge < -0.3 is 5.32 Å². The summed E-state index contributed by atoms with van der Waals surface area (Å²) in [6, 6.07) is 0. The average Bonchev–Trinajstić information content (AvgIpc) is 2.73. The van der Waals surface area contributed by atoms with Gasteiger partial charge >= 0.3 is 0 Å². The first-order valence-electron chi connectivity index (χ1n) is 7.54. The number of hydrogen-bond acceptors (Lipinski definition) is 1. The van der Waals surface area contributed by atoms with Gasteiger partial charge in [0.25, 0.3) is 0 Å². The summed E-state index contributed by atoms with van der Waals surface area (Å²) < 4.78 is 0. The van der Waals surface area contributed by atoms with Crippen molar-refractivity contribution < 1.29 is 4.79 Å². The van der Waals surface area contributed by atoms with E-state index in [2.05, 4.69) is 55.9 Å². The van der Waals surface area contributed by atoms with Crippen LogP contribution >= 0.6 is 15.9 Å². The minimum atomic E-state index is -0.00164. The fourth-order valence-corrected chi connectivity index (χ4v) is 4.49. The number of rotatable bonds is 3. The van der Waals surface area contributed by atoms with E-state index >= 15 is 0 Å². The third-order valence-electron chi connectivity index (χ3n) is 6.16. The molecule has 19 heavy (non-hydrogen) atoms. The van der Waals surface area contributed by atoms with Gasteiger partial charge in [-0.05, 0) is 42.4 Å². The zero-order valence-corrected chi connectivity index (χ0v) is 14.6. The van der Waals surface area contributed by atoms with Crippen molar-refractivity contribution in [3.8, 4) is 0 Å². The van der Waals surface area contributed by atoms with E-state index in [4.69, 9.17) is 0 Å². The van der Waals surface area contributed by atoms with E-state index in [-0.39, 0.29) is 28.2 Å². The Hall–Kier alpha value is -0.0500. The first-order valence-corrected chi connectivity index (χ1v) is 8.66. The van der Waals surface area contributed by atoms with Crippen molar-refractivity contribution in [2.75, 3.05) is 5.33 Å². The molecule has 3 heteroatoms. The van der Waals surface area contributed by atoms with Crippen LogP contribution in [0.15, 0.2) is 0 Å². The molecule has 2 nitrogen and oxygen atoms in total. The van der Waals surface area contributed by atoms with Gasteiger partial charge in [0.1, 0.15) is 0 Å². The summed E-state index contributed by atoms with van der Waals surface area (Å²) in [7, 11) is 0. The second kappa shape index (κ2) is 4.75. The first-order chi connectivity index (χ1) is 8.66. The molecule has 110 valence electrons. The molecule has 0 atom stereocenters. The highest BCUT2D eigenvalue weighted by Crippen LogP contribution is 2.68. The van der Waals surface area contributed by atoms with E-state index in [9.17, 15) is 4.79 Å². The Morgan fingerprint density at radius 1 is 1.16 bits per heavy atom. The number of nitrogens with one attached hydrogen (secondary N) is 1. The van der Waals surface area contributed by atoms with Gasteiger partial charge in [0.05, 0.1) is 0 Å². The molecule has 0 bridgehead atoms. The average molecular weight is 330 g/mol. The lowest BCUT2D eigenvalue weighted by molar-refractivity contribution is -0.125. The molecule has 0 aliphatic heterocycles. The van der Waals surface area contributed by atoms with E-state index in [1.807, 2.05) is 0 Å². The highest BCUT2D eigenvalue weighted by Gasteiger charge is 2.68. The third-order valence-corrected chi connectivity index (χ3v) is 7.23. The van der Waals surface area contributed by atoms with Gasteiger partial charge in [-0.25, -0.2) is 0 Å². The summed E-state index contributed by atoms with van der Waals surface area (Å²) in [5.74, 6) is 1.23. The Bertz CT molecular complexity index is 353. The minimum absolute atomic E-state index is 0.00164. The monoisotopic (exact) mass is 329 g/mol. The Morgan fingerprint density at radius 2 is 1.63 bits per heavy atom. The van der Waals surface area contributed by atoms with Crippen molar-refractivity contribution >= 4 is 21.8 Å². The first kappa shape index (κ1) is 15.3. The topological polar surface area (TPSA) is 29.1 Å². The lowest BCUT2D eigenvalue weighted by Crippen LogP contribution is -2.53. The highest BCUT2D eigenvalue weighted by atomic mass is 79.9. The van der Waals surface area contributed by atoms with Crippen LogP contribution in [-0.4, -0.2) is 16.8 Å². The summed E-state index contributed by atoms with van der Waals surface area (Å²) in [4.78, 5) is 12.6. The molecule has 0 aromatic carbocycles. The molecule has 2 rings (SSSR count). The fraction of sp³-hybridized carbons (Fsp3) is 0.938. The Kier molecular flexibility index (Phi) is 3.84. The van der Waals surface area contributed by atoms with Crippen LogP contribution in [0.3, 0.4) is 0 Å². The molecule has 1 amide bonds. The maximum absolute atomic E-state index is 12.6. The van der Waals surface area contributed by atoms with Gasteiger partial charge in [0, 0.05) is 16.8 Å². The van der Waals surface area contributed by atoms with Crippen molar-refractivity contribution in [1.29, 1.82) is 0 Å². The fourth-order valence-electron chi connectivity index (χ4n) is 3.79. The Morgan fingerprint density at radius 3 is 2.00 bits per heavy atom. The molecule has 2 aliphatic rings. The summed E-state index contributed by atoms with van der Waals surface area (Å²) in [6.45, 7) is 11.1. The van der Waals surface area contributed by atoms with Gasteiger partial charge in [0.2, 0.25) is 5.91 Å². The lowest BCUT2D eigenvalue weighted by atomic mass is 9.78. The van der Waals surface area contributed by atoms with E-state index in [1.54, 1.807) is 0 Å². The lowest BCUT2D eigenvalue weighted by Gasteiger charge is -2.39. The van der Waals surface area contributed by atoms with Crippen LogP contribution in [0.4, 0.5) is 0 Å². The predicted molar refractivity (Wildman–Crippen MR) is 83.4 cm³/mol. The number of carbonyl (C=O) groups is 1. The molecule has 2 fully saturated rings.